The molecule has 0 aromatic heterocycles. The van der Waals surface area contributed by atoms with E-state index in [9.17, 15) is 13.2 Å². The number of hydrogen-bond acceptors (Lipinski definition) is 4. The number of methoxy groups -OCH3 is 1. The third kappa shape index (κ3) is 5.99. The number of carboxylic acid groups (broad SMARTS) is 1. The van der Waals surface area contributed by atoms with Crippen LogP contribution in [0.3, 0.4) is 0 Å². The smallest absolute Gasteiger partial charge is 0.324 e. The van der Waals surface area contributed by atoms with E-state index in [0.717, 1.165) is 0 Å². The molecule has 0 aliphatic heterocycles. The summed E-state index contributed by atoms with van der Waals surface area (Å²) in [5, 5.41) is 9.05. The first kappa shape index (κ1) is 16.3. The third-order valence-corrected chi connectivity index (χ3v) is 3.95. The lowest BCUT2D eigenvalue weighted by Crippen LogP contribution is -2.52. The minimum absolute atomic E-state index is 0.132. The molecule has 0 aliphatic rings. The minimum atomic E-state index is -3.59. The van der Waals surface area contributed by atoms with E-state index in [2.05, 4.69) is 4.72 Å². The molecule has 0 fully saturated rings. The van der Waals surface area contributed by atoms with Crippen molar-refractivity contribution in [1.82, 2.24) is 4.72 Å². The highest BCUT2D eigenvalue weighted by atomic mass is 32.2. The quantitative estimate of drug-likeness (QED) is 0.596. The van der Waals surface area contributed by atoms with Crippen molar-refractivity contribution in [2.75, 3.05) is 19.5 Å². The summed E-state index contributed by atoms with van der Waals surface area (Å²) in [6, 6.07) is 0. The number of sulfonamides is 1. The molecule has 17 heavy (non-hydrogen) atoms. The van der Waals surface area contributed by atoms with Crippen LogP contribution in [0.15, 0.2) is 0 Å². The predicted octanol–water partition coefficient (Wildman–Crippen LogP) is 0.586. The summed E-state index contributed by atoms with van der Waals surface area (Å²) in [7, 11) is -2.10. The van der Waals surface area contributed by atoms with Crippen LogP contribution in [0, 0.1) is 0 Å². The molecule has 0 radical (unpaired) electrons. The van der Waals surface area contributed by atoms with Crippen molar-refractivity contribution in [2.45, 2.75) is 38.6 Å². The zero-order chi connectivity index (χ0) is 13.5. The number of nitrogens with one attached hydrogen (secondary N) is 1. The first-order valence-corrected chi connectivity index (χ1v) is 7.16. The molecule has 1 atom stereocenters. The number of carbonyl (C=O) groups is 1. The maximum atomic E-state index is 11.7. The molecule has 0 aromatic rings. The van der Waals surface area contributed by atoms with Crippen molar-refractivity contribution in [1.29, 1.82) is 0 Å². The standard InChI is InChI=1S/C10H21NO5S/c1-4-6-10(2,9(12)13)11-17(14,15)8-5-7-16-3/h11H,4-8H2,1-3H3,(H,12,13). The fourth-order valence-electron chi connectivity index (χ4n) is 1.49. The topological polar surface area (TPSA) is 92.7 Å². The largest absolute Gasteiger partial charge is 0.480 e. The Hall–Kier alpha value is -0.660. The average Bonchev–Trinajstić information content (AvgIpc) is 2.16. The summed E-state index contributed by atoms with van der Waals surface area (Å²) in [5.74, 6) is -1.29. The molecule has 1 unspecified atom stereocenters. The molecule has 0 bridgehead atoms. The van der Waals surface area contributed by atoms with Crippen LogP contribution in [0.4, 0.5) is 0 Å². The lowest BCUT2D eigenvalue weighted by Gasteiger charge is -2.25. The number of hydrogen-bond donors (Lipinski definition) is 2. The van der Waals surface area contributed by atoms with Crippen molar-refractivity contribution >= 4 is 16.0 Å². The molecule has 6 nitrogen and oxygen atoms in total. The molecule has 0 aromatic carbocycles. The number of aliphatic carboxylic acids is 1. The maximum absolute atomic E-state index is 11.7. The van der Waals surface area contributed by atoms with Gasteiger partial charge in [0.25, 0.3) is 0 Å². The molecule has 0 amide bonds. The van der Waals surface area contributed by atoms with Crippen LogP contribution in [0.25, 0.3) is 0 Å². The van der Waals surface area contributed by atoms with Crippen LogP contribution < -0.4 is 4.72 Å². The van der Waals surface area contributed by atoms with E-state index in [1.807, 2.05) is 0 Å². The van der Waals surface area contributed by atoms with Crippen LogP contribution in [-0.2, 0) is 19.6 Å². The van der Waals surface area contributed by atoms with Crippen molar-refractivity contribution in [2.24, 2.45) is 0 Å². The van der Waals surface area contributed by atoms with Crippen LogP contribution >= 0.6 is 0 Å². The Balaban J connectivity index is 4.59. The molecule has 102 valence electrons. The maximum Gasteiger partial charge on any atom is 0.324 e. The molecule has 0 spiro atoms. The van der Waals surface area contributed by atoms with Crippen molar-refractivity contribution in [3.05, 3.63) is 0 Å². The highest BCUT2D eigenvalue weighted by Crippen LogP contribution is 2.14. The average molecular weight is 267 g/mol. The van der Waals surface area contributed by atoms with Gasteiger partial charge in [-0.15, -0.1) is 0 Å². The Morgan fingerprint density at radius 2 is 2.06 bits per heavy atom. The van der Waals surface area contributed by atoms with Gasteiger partial charge in [0.2, 0.25) is 10.0 Å². The fraction of sp³-hybridized carbons (Fsp3) is 0.900. The lowest BCUT2D eigenvalue weighted by atomic mass is 9.98. The van der Waals surface area contributed by atoms with Crippen molar-refractivity contribution in [3.63, 3.8) is 0 Å². The summed E-state index contributed by atoms with van der Waals surface area (Å²) >= 11 is 0. The highest BCUT2D eigenvalue weighted by molar-refractivity contribution is 7.89. The van der Waals surface area contributed by atoms with E-state index in [4.69, 9.17) is 9.84 Å². The zero-order valence-electron chi connectivity index (χ0n) is 10.5. The summed E-state index contributed by atoms with van der Waals surface area (Å²) in [6.07, 6.45) is 1.18. The molecular weight excluding hydrogens is 246 g/mol. The van der Waals surface area contributed by atoms with E-state index in [0.29, 0.717) is 19.4 Å². The highest BCUT2D eigenvalue weighted by Gasteiger charge is 2.36. The predicted molar refractivity (Wildman–Crippen MR) is 64.4 cm³/mol. The van der Waals surface area contributed by atoms with E-state index in [1.54, 1.807) is 6.92 Å². The molecule has 0 saturated carbocycles. The van der Waals surface area contributed by atoms with Crippen LogP contribution in [0.2, 0.25) is 0 Å². The Labute approximate surface area is 102 Å². The second kappa shape index (κ2) is 6.93. The second-order valence-electron chi connectivity index (χ2n) is 4.15. The molecule has 0 rings (SSSR count). The summed E-state index contributed by atoms with van der Waals surface area (Å²) in [6.45, 7) is 3.52. The van der Waals surface area contributed by atoms with Gasteiger partial charge in [0.05, 0.1) is 5.75 Å². The van der Waals surface area contributed by atoms with E-state index >= 15 is 0 Å². The lowest BCUT2D eigenvalue weighted by molar-refractivity contribution is -0.143. The van der Waals surface area contributed by atoms with Crippen LogP contribution in [0.1, 0.15) is 33.1 Å². The third-order valence-electron chi connectivity index (χ3n) is 2.36. The Morgan fingerprint density at radius 1 is 1.47 bits per heavy atom. The van der Waals surface area contributed by atoms with Gasteiger partial charge in [-0.25, -0.2) is 8.42 Å². The van der Waals surface area contributed by atoms with Gasteiger partial charge in [0, 0.05) is 13.7 Å². The zero-order valence-corrected chi connectivity index (χ0v) is 11.3. The van der Waals surface area contributed by atoms with Gasteiger partial charge in [0.1, 0.15) is 5.54 Å². The molecule has 7 heteroatoms. The van der Waals surface area contributed by atoms with Crippen molar-refractivity contribution in [3.8, 4) is 0 Å². The first-order valence-electron chi connectivity index (χ1n) is 5.51. The summed E-state index contributed by atoms with van der Waals surface area (Å²) in [4.78, 5) is 11.1. The van der Waals surface area contributed by atoms with Gasteiger partial charge >= 0.3 is 5.97 Å². The minimum Gasteiger partial charge on any atom is -0.480 e. The number of carboxylic acids is 1. The van der Waals surface area contributed by atoms with Gasteiger partial charge in [-0.2, -0.15) is 4.72 Å². The first-order chi connectivity index (χ1) is 7.77. The number of rotatable bonds is 9. The molecule has 0 aliphatic carbocycles. The Bertz CT molecular complexity index is 341. The van der Waals surface area contributed by atoms with E-state index in [-0.39, 0.29) is 12.2 Å². The van der Waals surface area contributed by atoms with Gasteiger partial charge in [-0.3, -0.25) is 4.79 Å². The SMILES string of the molecule is CCCC(C)(NS(=O)(=O)CCCOC)C(=O)O. The molecule has 0 heterocycles. The molecule has 2 N–H and O–H groups in total. The Morgan fingerprint density at radius 3 is 2.47 bits per heavy atom. The van der Waals surface area contributed by atoms with Gasteiger partial charge in [-0.1, -0.05) is 13.3 Å². The summed E-state index contributed by atoms with van der Waals surface area (Å²) in [5.41, 5.74) is -1.43. The van der Waals surface area contributed by atoms with Gasteiger partial charge < -0.3 is 9.84 Å². The Kier molecular flexibility index (Phi) is 6.66. The van der Waals surface area contributed by atoms with Crippen molar-refractivity contribution < 1.29 is 23.1 Å². The number of ether oxygens (including phenoxy) is 1. The molecular formula is C10H21NO5S. The monoisotopic (exact) mass is 267 g/mol. The van der Waals surface area contributed by atoms with Crippen LogP contribution in [0.5, 0.6) is 0 Å². The summed E-state index contributed by atoms with van der Waals surface area (Å²) < 4.78 is 30.3. The van der Waals surface area contributed by atoms with Crippen LogP contribution in [-0.4, -0.2) is 44.5 Å². The van der Waals surface area contributed by atoms with E-state index in [1.165, 1.54) is 14.0 Å². The van der Waals surface area contributed by atoms with Gasteiger partial charge in [0.15, 0.2) is 0 Å². The normalized spacial score (nSPS) is 15.5. The molecule has 0 saturated heterocycles. The van der Waals surface area contributed by atoms with E-state index < -0.39 is 21.5 Å². The fourth-order valence-corrected chi connectivity index (χ4v) is 2.96. The van der Waals surface area contributed by atoms with Gasteiger partial charge in [-0.05, 0) is 19.8 Å². The second-order valence-corrected chi connectivity index (χ2v) is 6.00.